The highest BCUT2D eigenvalue weighted by Crippen LogP contribution is 2.45. The Labute approximate surface area is 607 Å². The van der Waals surface area contributed by atoms with Crippen molar-refractivity contribution in [2.45, 2.75) is 427 Å². The van der Waals surface area contributed by atoms with Gasteiger partial charge in [-0.2, -0.15) is 0 Å². The Morgan fingerprint density at radius 3 is 0.717 bits per heavy atom. The molecule has 0 aromatic rings. The van der Waals surface area contributed by atoms with Gasteiger partial charge in [-0.3, -0.25) is 37.3 Å². The zero-order chi connectivity index (χ0) is 73.1. The topological polar surface area (TPSA) is 237 Å². The van der Waals surface area contributed by atoms with Crippen LogP contribution < -0.4 is 0 Å². The minimum atomic E-state index is -4.96. The van der Waals surface area contributed by atoms with Gasteiger partial charge >= 0.3 is 39.5 Å². The zero-order valence-corrected chi connectivity index (χ0v) is 66.9. The molecule has 0 aromatic carbocycles. The van der Waals surface area contributed by atoms with Gasteiger partial charge in [-0.1, -0.05) is 357 Å². The first-order chi connectivity index (χ1) is 47.7. The molecule has 0 spiro atoms. The predicted molar refractivity (Wildman–Crippen MR) is 404 cm³/mol. The lowest BCUT2D eigenvalue weighted by Crippen LogP contribution is -2.30. The van der Waals surface area contributed by atoms with Gasteiger partial charge in [-0.05, 0) is 49.4 Å². The van der Waals surface area contributed by atoms with Gasteiger partial charge in [-0.25, -0.2) is 9.13 Å². The van der Waals surface area contributed by atoms with E-state index in [0.29, 0.717) is 37.5 Å². The van der Waals surface area contributed by atoms with E-state index in [1.165, 1.54) is 205 Å². The van der Waals surface area contributed by atoms with Crippen LogP contribution in [0.5, 0.6) is 0 Å². The van der Waals surface area contributed by atoms with Crippen LogP contribution in [-0.4, -0.2) is 96.7 Å². The number of esters is 4. The maximum Gasteiger partial charge on any atom is 0.472 e. The van der Waals surface area contributed by atoms with Gasteiger partial charge in [0.05, 0.1) is 26.4 Å². The van der Waals surface area contributed by atoms with Crippen molar-refractivity contribution in [2.75, 3.05) is 39.6 Å². The molecule has 0 aliphatic rings. The summed E-state index contributed by atoms with van der Waals surface area (Å²) in [7, 11) is -9.92. The van der Waals surface area contributed by atoms with E-state index in [2.05, 4.69) is 55.4 Å². The maximum atomic E-state index is 13.1. The molecule has 0 fully saturated rings. The Bertz CT molecular complexity index is 1940. The third-order valence-corrected chi connectivity index (χ3v) is 21.2. The lowest BCUT2D eigenvalue weighted by atomic mass is 9.99. The monoisotopic (exact) mass is 1450 g/mol. The number of hydrogen-bond acceptors (Lipinski definition) is 15. The van der Waals surface area contributed by atoms with Crippen LogP contribution in [0.15, 0.2) is 0 Å². The van der Waals surface area contributed by atoms with E-state index in [-0.39, 0.29) is 25.7 Å². The van der Waals surface area contributed by atoms with Gasteiger partial charge in [0.2, 0.25) is 0 Å². The highest BCUT2D eigenvalue weighted by atomic mass is 31.2. The third kappa shape index (κ3) is 71.5. The van der Waals surface area contributed by atoms with Crippen LogP contribution in [0.25, 0.3) is 0 Å². The van der Waals surface area contributed by atoms with Crippen LogP contribution >= 0.6 is 15.6 Å². The van der Waals surface area contributed by atoms with Gasteiger partial charge in [0.15, 0.2) is 12.2 Å². The van der Waals surface area contributed by atoms with E-state index in [9.17, 15) is 43.2 Å². The minimum Gasteiger partial charge on any atom is -0.462 e. The molecule has 0 radical (unpaired) electrons. The summed E-state index contributed by atoms with van der Waals surface area (Å²) >= 11 is 0. The first-order valence-corrected chi connectivity index (χ1v) is 44.3. The van der Waals surface area contributed by atoms with Crippen LogP contribution in [0.4, 0.5) is 0 Å². The number of phosphoric ester groups is 2. The van der Waals surface area contributed by atoms with Gasteiger partial charge in [0.1, 0.15) is 19.3 Å². The minimum absolute atomic E-state index is 0.104. The fourth-order valence-electron chi connectivity index (χ4n) is 12.2. The van der Waals surface area contributed by atoms with Crippen molar-refractivity contribution in [1.82, 2.24) is 0 Å². The molecule has 0 rings (SSSR count). The molecule has 17 nitrogen and oxygen atoms in total. The predicted octanol–water partition coefficient (Wildman–Crippen LogP) is 23.6. The molecule has 0 heterocycles. The van der Waals surface area contributed by atoms with E-state index in [0.717, 1.165) is 108 Å². The molecule has 0 aliphatic carbocycles. The van der Waals surface area contributed by atoms with Crippen molar-refractivity contribution in [1.29, 1.82) is 0 Å². The lowest BCUT2D eigenvalue weighted by molar-refractivity contribution is -0.161. The van der Waals surface area contributed by atoms with Gasteiger partial charge in [0, 0.05) is 25.7 Å². The average Bonchev–Trinajstić information content (AvgIpc) is 0.983. The summed E-state index contributed by atoms with van der Waals surface area (Å²) < 4.78 is 68.5. The van der Waals surface area contributed by atoms with Crippen LogP contribution in [0.2, 0.25) is 0 Å². The Hall–Kier alpha value is -1.94. The van der Waals surface area contributed by atoms with E-state index in [1.807, 2.05) is 0 Å². The number of carbonyl (C=O) groups excluding carboxylic acids is 4. The molecule has 0 saturated heterocycles. The van der Waals surface area contributed by atoms with Crippen molar-refractivity contribution in [2.24, 2.45) is 23.7 Å². The molecule has 99 heavy (non-hydrogen) atoms. The lowest BCUT2D eigenvalue weighted by Gasteiger charge is -2.21. The number of ether oxygens (including phenoxy) is 4. The quantitative estimate of drug-likeness (QED) is 0.0222. The maximum absolute atomic E-state index is 13.1. The first kappa shape index (κ1) is 97.1. The smallest absolute Gasteiger partial charge is 0.462 e. The standard InChI is InChI=1S/C80H156O17P2/c1-9-72(7)58-50-42-33-27-23-19-15-13-11-12-14-16-21-25-29-35-44-52-60-77(82)90-66-75(97-80(85)63-55-47-37-31-32-40-48-56-70(3)4)68-94-98(86,87)92-64-74(81)65-93-99(88,89)95-69-76(67-91-78(83)61-53-45-39-38-41-49-57-71(5)6)96-79(84)62-54-46-36-30-26-22-18-17-20-24-28-34-43-51-59-73(8)10-2/h70-76,81H,9-69H2,1-8H3,(H,86,87)(H,88,89)/t72?,73?,74-,75-,76-/m1/s1. The average molecular weight is 1450 g/mol. The summed E-state index contributed by atoms with van der Waals surface area (Å²) in [5.41, 5.74) is 0. The molecule has 0 saturated carbocycles. The second kappa shape index (κ2) is 69.1. The molecule has 7 atom stereocenters. The molecule has 0 amide bonds. The number of hydrogen-bond donors (Lipinski definition) is 3. The summed E-state index contributed by atoms with van der Waals surface area (Å²) in [6.07, 6.45) is 55.9. The van der Waals surface area contributed by atoms with Gasteiger partial charge in [-0.15, -0.1) is 0 Å². The third-order valence-electron chi connectivity index (χ3n) is 19.3. The largest absolute Gasteiger partial charge is 0.472 e. The molecule has 0 bridgehead atoms. The van der Waals surface area contributed by atoms with E-state index in [1.54, 1.807) is 0 Å². The molecular weight excluding hydrogens is 1290 g/mol. The molecule has 0 aliphatic heterocycles. The number of rotatable bonds is 77. The molecule has 0 aromatic heterocycles. The second-order valence-electron chi connectivity index (χ2n) is 30.2. The van der Waals surface area contributed by atoms with Crippen LogP contribution in [0, 0.1) is 23.7 Å². The Morgan fingerprint density at radius 2 is 0.485 bits per heavy atom. The fraction of sp³-hybridized carbons (Fsp3) is 0.950. The Kier molecular flexibility index (Phi) is 67.8. The molecule has 19 heteroatoms. The summed E-state index contributed by atoms with van der Waals surface area (Å²) in [6, 6.07) is 0. The van der Waals surface area contributed by atoms with Crippen LogP contribution in [-0.2, 0) is 65.4 Å². The van der Waals surface area contributed by atoms with E-state index >= 15 is 0 Å². The number of aliphatic hydroxyl groups is 1. The highest BCUT2D eigenvalue weighted by Gasteiger charge is 2.30. The molecule has 3 N–H and O–H groups in total. The van der Waals surface area contributed by atoms with Gasteiger partial charge in [0.25, 0.3) is 0 Å². The fourth-order valence-corrected chi connectivity index (χ4v) is 13.8. The normalized spacial score (nSPS) is 14.6. The Morgan fingerprint density at radius 1 is 0.283 bits per heavy atom. The van der Waals surface area contributed by atoms with Crippen molar-refractivity contribution in [3.63, 3.8) is 0 Å². The van der Waals surface area contributed by atoms with Crippen molar-refractivity contribution in [3.05, 3.63) is 0 Å². The van der Waals surface area contributed by atoms with E-state index in [4.69, 9.17) is 37.0 Å². The SMILES string of the molecule is CCC(C)CCCCCCCCCCCCCCCCCCCCC(=O)OC[C@H](COP(=O)(O)OC[C@@H](O)COP(=O)(O)OC[C@@H](COC(=O)CCCCCCCCC(C)C)OC(=O)CCCCCCCCCCCCCCCCC(C)CC)OC(=O)CCCCCCCCCC(C)C. The molecular formula is C80H156O17P2. The summed E-state index contributed by atoms with van der Waals surface area (Å²) in [5, 5.41) is 10.6. The number of carbonyl (C=O) groups is 4. The van der Waals surface area contributed by atoms with Crippen molar-refractivity contribution < 1.29 is 80.2 Å². The summed E-state index contributed by atoms with van der Waals surface area (Å²) in [4.78, 5) is 72.8. The Balaban J connectivity index is 5.11. The second-order valence-corrected chi connectivity index (χ2v) is 33.1. The molecule has 4 unspecified atom stereocenters. The van der Waals surface area contributed by atoms with Crippen molar-refractivity contribution in [3.8, 4) is 0 Å². The van der Waals surface area contributed by atoms with Crippen LogP contribution in [0.1, 0.15) is 409 Å². The highest BCUT2D eigenvalue weighted by molar-refractivity contribution is 7.47. The molecule has 588 valence electrons. The zero-order valence-electron chi connectivity index (χ0n) is 65.1. The van der Waals surface area contributed by atoms with Crippen molar-refractivity contribution >= 4 is 39.5 Å². The van der Waals surface area contributed by atoms with Gasteiger partial charge < -0.3 is 33.8 Å². The number of aliphatic hydroxyl groups excluding tert-OH is 1. The summed E-state index contributed by atoms with van der Waals surface area (Å²) in [6.45, 7) is 14.2. The first-order valence-electron chi connectivity index (χ1n) is 41.3. The summed E-state index contributed by atoms with van der Waals surface area (Å²) in [5.74, 6) is 0.973. The van der Waals surface area contributed by atoms with Crippen LogP contribution in [0.3, 0.4) is 0 Å². The number of phosphoric acid groups is 2. The number of unbranched alkanes of at least 4 members (excludes halogenated alkanes) is 41. The van der Waals surface area contributed by atoms with E-state index < -0.39 is 97.5 Å².